The zero-order chi connectivity index (χ0) is 16.7. The normalized spacial score (nSPS) is 15.4. The highest BCUT2D eigenvalue weighted by Crippen LogP contribution is 2.45. The zero-order valence-electron chi connectivity index (χ0n) is 14.3. The molecule has 0 spiro atoms. The van der Waals surface area contributed by atoms with E-state index in [1.165, 1.54) is 0 Å². The molecule has 0 atom stereocenters. The number of rotatable bonds is 8. The second kappa shape index (κ2) is 10.3. The molecule has 5 nitrogen and oxygen atoms in total. The molecule has 0 saturated heterocycles. The van der Waals surface area contributed by atoms with Crippen LogP contribution in [0.3, 0.4) is 0 Å². The molecule has 3 N–H and O–H groups in total. The van der Waals surface area contributed by atoms with Crippen molar-refractivity contribution in [2.45, 2.75) is 26.2 Å². The minimum Gasteiger partial charge on any atom is -0.497 e. The van der Waals surface area contributed by atoms with E-state index in [9.17, 15) is 5.11 Å². The third-order valence-corrected chi connectivity index (χ3v) is 4.51. The molecule has 1 aromatic rings. The zero-order valence-corrected chi connectivity index (χ0v) is 17.4. The van der Waals surface area contributed by atoms with E-state index >= 15 is 0 Å². The Labute approximate surface area is 166 Å². The molecule has 0 aliphatic heterocycles. The van der Waals surface area contributed by atoms with Gasteiger partial charge in [-0.25, -0.2) is 0 Å². The molecule has 0 unspecified atom stereocenters. The molecule has 136 valence electrons. The number of ether oxygens (including phenoxy) is 1. The third kappa shape index (κ3) is 6.29. The second-order valence-electron chi connectivity index (χ2n) is 5.99. The number of nitrogens with zero attached hydrogens (tertiary/aromatic N) is 1. The SMILES string of the molecule is CCNC(=NCC1(CO)CC1)NCCc1ccc(OC)cc1Cl.I. The van der Waals surface area contributed by atoms with Crippen molar-refractivity contribution in [1.82, 2.24) is 10.6 Å². The topological polar surface area (TPSA) is 65.9 Å². The first-order valence-electron chi connectivity index (χ1n) is 8.08. The Balaban J connectivity index is 0.00000288. The summed E-state index contributed by atoms with van der Waals surface area (Å²) in [4.78, 5) is 4.58. The maximum atomic E-state index is 9.36. The van der Waals surface area contributed by atoms with Gasteiger partial charge in [0.25, 0.3) is 0 Å². The molecule has 1 aromatic carbocycles. The molecule has 0 amide bonds. The van der Waals surface area contributed by atoms with Gasteiger partial charge < -0.3 is 20.5 Å². The molecular weight excluding hydrogens is 441 g/mol. The fourth-order valence-electron chi connectivity index (χ4n) is 2.30. The van der Waals surface area contributed by atoms with Crippen molar-refractivity contribution in [3.05, 3.63) is 28.8 Å². The first kappa shape index (κ1) is 21.3. The summed E-state index contributed by atoms with van der Waals surface area (Å²) in [5.74, 6) is 1.55. The highest BCUT2D eigenvalue weighted by Gasteiger charge is 2.41. The van der Waals surface area contributed by atoms with Gasteiger partial charge in [-0.3, -0.25) is 4.99 Å². The average Bonchev–Trinajstić information content (AvgIpc) is 3.34. The highest BCUT2D eigenvalue weighted by atomic mass is 127. The lowest BCUT2D eigenvalue weighted by Gasteiger charge is -2.14. The number of hydrogen-bond donors (Lipinski definition) is 3. The molecule has 24 heavy (non-hydrogen) atoms. The van der Waals surface area contributed by atoms with Gasteiger partial charge in [0, 0.05) is 23.5 Å². The Bertz CT molecular complexity index is 551. The Morgan fingerprint density at radius 3 is 2.67 bits per heavy atom. The minimum absolute atomic E-state index is 0. The fraction of sp³-hybridized carbons (Fsp3) is 0.588. The number of aliphatic hydroxyl groups excluding tert-OH is 1. The van der Waals surface area contributed by atoms with Crippen LogP contribution in [-0.4, -0.2) is 44.4 Å². The van der Waals surface area contributed by atoms with Gasteiger partial charge in [-0.2, -0.15) is 0 Å². The van der Waals surface area contributed by atoms with Crippen LogP contribution in [0.4, 0.5) is 0 Å². The fourth-order valence-corrected chi connectivity index (χ4v) is 2.57. The van der Waals surface area contributed by atoms with Crippen molar-refractivity contribution in [3.8, 4) is 5.75 Å². The van der Waals surface area contributed by atoms with Gasteiger partial charge >= 0.3 is 0 Å². The molecule has 0 radical (unpaired) electrons. The number of aliphatic imine (C=N–C) groups is 1. The number of benzene rings is 1. The van der Waals surface area contributed by atoms with Gasteiger partial charge in [0.2, 0.25) is 0 Å². The van der Waals surface area contributed by atoms with Crippen molar-refractivity contribution in [2.75, 3.05) is 33.4 Å². The smallest absolute Gasteiger partial charge is 0.191 e. The Hall–Kier alpha value is -0.730. The van der Waals surface area contributed by atoms with E-state index in [1.54, 1.807) is 7.11 Å². The van der Waals surface area contributed by atoms with Crippen LogP contribution >= 0.6 is 35.6 Å². The molecular formula is C17H27ClIN3O2. The van der Waals surface area contributed by atoms with Crippen LogP contribution in [0.5, 0.6) is 5.75 Å². The van der Waals surface area contributed by atoms with E-state index in [0.717, 1.165) is 49.6 Å². The van der Waals surface area contributed by atoms with Crippen molar-refractivity contribution < 1.29 is 9.84 Å². The van der Waals surface area contributed by atoms with E-state index in [2.05, 4.69) is 15.6 Å². The van der Waals surface area contributed by atoms with Gasteiger partial charge in [0.1, 0.15) is 5.75 Å². The summed E-state index contributed by atoms with van der Waals surface area (Å²) in [6.07, 6.45) is 2.93. The van der Waals surface area contributed by atoms with Gasteiger partial charge in [0.05, 0.1) is 20.3 Å². The van der Waals surface area contributed by atoms with Crippen LogP contribution in [0.2, 0.25) is 5.02 Å². The largest absolute Gasteiger partial charge is 0.497 e. The summed E-state index contributed by atoms with van der Waals surface area (Å²) in [7, 11) is 1.63. The summed E-state index contributed by atoms with van der Waals surface area (Å²) in [5, 5.41) is 16.6. The predicted molar refractivity (Wildman–Crippen MR) is 110 cm³/mol. The molecule has 0 heterocycles. The lowest BCUT2D eigenvalue weighted by atomic mass is 10.1. The van der Waals surface area contributed by atoms with E-state index in [1.807, 2.05) is 25.1 Å². The number of aliphatic hydroxyl groups is 1. The number of hydrogen-bond acceptors (Lipinski definition) is 3. The van der Waals surface area contributed by atoms with E-state index in [4.69, 9.17) is 16.3 Å². The summed E-state index contributed by atoms with van der Waals surface area (Å²) in [5.41, 5.74) is 1.10. The predicted octanol–water partition coefficient (Wildman–Crippen LogP) is 2.84. The molecule has 1 aliphatic rings. The molecule has 2 rings (SSSR count). The van der Waals surface area contributed by atoms with Gasteiger partial charge in [-0.15, -0.1) is 24.0 Å². The molecule has 7 heteroatoms. The van der Waals surface area contributed by atoms with Crippen LogP contribution in [0, 0.1) is 5.41 Å². The van der Waals surface area contributed by atoms with Crippen molar-refractivity contribution in [1.29, 1.82) is 0 Å². The standard InChI is InChI=1S/C17H26ClN3O2.HI/c1-3-19-16(21-11-17(12-22)7-8-17)20-9-6-13-4-5-14(23-2)10-15(13)18;/h4-5,10,22H,3,6-9,11-12H2,1-2H3,(H2,19,20,21);1H. The molecule has 0 aromatic heterocycles. The Kier molecular flexibility index (Phi) is 9.15. The summed E-state index contributed by atoms with van der Waals surface area (Å²) >= 11 is 6.25. The number of guanidine groups is 1. The van der Waals surface area contributed by atoms with E-state index < -0.39 is 0 Å². The van der Waals surface area contributed by atoms with Crippen LogP contribution < -0.4 is 15.4 Å². The third-order valence-electron chi connectivity index (χ3n) is 4.16. The lowest BCUT2D eigenvalue weighted by molar-refractivity contribution is 0.217. The maximum absolute atomic E-state index is 9.36. The molecule has 1 aliphatic carbocycles. The quantitative estimate of drug-likeness (QED) is 0.312. The lowest BCUT2D eigenvalue weighted by Crippen LogP contribution is -2.39. The Morgan fingerprint density at radius 1 is 1.38 bits per heavy atom. The number of halogens is 2. The van der Waals surface area contributed by atoms with Gasteiger partial charge in [0.15, 0.2) is 5.96 Å². The van der Waals surface area contributed by atoms with Gasteiger partial charge in [-0.05, 0) is 43.9 Å². The first-order chi connectivity index (χ1) is 11.1. The number of methoxy groups -OCH3 is 1. The van der Waals surface area contributed by atoms with Crippen molar-refractivity contribution >= 4 is 41.5 Å². The molecule has 0 bridgehead atoms. The van der Waals surface area contributed by atoms with E-state index in [-0.39, 0.29) is 36.0 Å². The van der Waals surface area contributed by atoms with Crippen LogP contribution in [0.25, 0.3) is 0 Å². The van der Waals surface area contributed by atoms with Crippen LogP contribution in [0.1, 0.15) is 25.3 Å². The van der Waals surface area contributed by atoms with Crippen molar-refractivity contribution in [3.63, 3.8) is 0 Å². The first-order valence-corrected chi connectivity index (χ1v) is 8.46. The number of nitrogens with one attached hydrogen (secondary N) is 2. The van der Waals surface area contributed by atoms with Crippen LogP contribution in [0.15, 0.2) is 23.2 Å². The monoisotopic (exact) mass is 467 g/mol. The van der Waals surface area contributed by atoms with Gasteiger partial charge in [-0.1, -0.05) is 17.7 Å². The molecule has 1 fully saturated rings. The average molecular weight is 468 g/mol. The summed E-state index contributed by atoms with van der Waals surface area (Å²) < 4.78 is 5.16. The van der Waals surface area contributed by atoms with E-state index in [0.29, 0.717) is 11.6 Å². The maximum Gasteiger partial charge on any atom is 0.191 e. The highest BCUT2D eigenvalue weighted by molar-refractivity contribution is 14.0. The molecule has 1 saturated carbocycles. The Morgan fingerprint density at radius 2 is 2.12 bits per heavy atom. The minimum atomic E-state index is 0. The summed E-state index contributed by atoms with van der Waals surface area (Å²) in [6, 6.07) is 5.73. The van der Waals surface area contributed by atoms with Crippen molar-refractivity contribution in [2.24, 2.45) is 10.4 Å². The van der Waals surface area contributed by atoms with Crippen LogP contribution in [-0.2, 0) is 6.42 Å². The summed E-state index contributed by atoms with van der Waals surface area (Å²) in [6.45, 7) is 4.47. The second-order valence-corrected chi connectivity index (χ2v) is 6.39.